The molecule has 130 valence electrons. The molecule has 0 aromatic heterocycles. The fraction of sp³-hybridized carbons (Fsp3) is 0.500. The predicted octanol–water partition coefficient (Wildman–Crippen LogP) is 3.95. The Balaban J connectivity index is 0.000000585. The minimum absolute atomic E-state index is 0.0445. The van der Waals surface area contributed by atoms with Crippen molar-refractivity contribution in [2.75, 3.05) is 25.2 Å². The molecule has 7 heteroatoms. The summed E-state index contributed by atoms with van der Waals surface area (Å²) in [6.45, 7) is 8.23. The molecule has 1 rings (SSSR count). The maximum atomic E-state index is 11.1. The first-order valence-corrected chi connectivity index (χ1v) is 9.03. The maximum Gasteiger partial charge on any atom is 0.344 e. The fourth-order valence-corrected chi connectivity index (χ4v) is 2.51. The first-order valence-electron chi connectivity index (χ1n) is 7.12. The lowest BCUT2D eigenvalue weighted by Crippen LogP contribution is -2.15. The van der Waals surface area contributed by atoms with Crippen LogP contribution in [0.2, 0.25) is 0 Å². The van der Waals surface area contributed by atoms with Crippen LogP contribution in [0.5, 0.6) is 5.75 Å². The number of aryl methyl sites for hydroxylation is 2. The van der Waals surface area contributed by atoms with E-state index in [1.54, 1.807) is 13.8 Å². The Morgan fingerprint density at radius 2 is 1.48 bits per heavy atom. The van der Waals surface area contributed by atoms with Gasteiger partial charge in [0.1, 0.15) is 11.1 Å². The van der Waals surface area contributed by atoms with Gasteiger partial charge in [-0.2, -0.15) is 0 Å². The molecule has 0 bridgehead atoms. The van der Waals surface area contributed by atoms with Crippen molar-refractivity contribution < 1.29 is 23.8 Å². The highest BCUT2D eigenvalue weighted by atomic mass is 79.9. The Labute approximate surface area is 153 Å². The van der Waals surface area contributed by atoms with Crippen LogP contribution in [-0.4, -0.2) is 37.1 Å². The van der Waals surface area contributed by atoms with Gasteiger partial charge >= 0.3 is 11.9 Å². The second kappa shape index (κ2) is 12.4. The van der Waals surface area contributed by atoms with Gasteiger partial charge in [-0.3, -0.25) is 4.79 Å². The molecule has 0 saturated heterocycles. The van der Waals surface area contributed by atoms with Gasteiger partial charge in [0.2, 0.25) is 0 Å². The third kappa shape index (κ3) is 9.61. The normalized spacial score (nSPS) is 9.48. The first-order chi connectivity index (χ1) is 10.8. The maximum absolute atomic E-state index is 11.1. The quantitative estimate of drug-likeness (QED) is 0.482. The second-order valence-corrected chi connectivity index (χ2v) is 5.88. The van der Waals surface area contributed by atoms with Crippen molar-refractivity contribution in [2.45, 2.75) is 27.7 Å². The number of esters is 2. The zero-order valence-electron chi connectivity index (χ0n) is 13.8. The lowest BCUT2D eigenvalue weighted by molar-refractivity contribution is -0.145. The molecule has 0 saturated carbocycles. The highest BCUT2D eigenvalue weighted by Crippen LogP contribution is 2.27. The van der Waals surface area contributed by atoms with Gasteiger partial charge in [-0.1, -0.05) is 31.9 Å². The number of rotatable bonds is 6. The van der Waals surface area contributed by atoms with Crippen LogP contribution in [0.1, 0.15) is 25.0 Å². The number of alkyl halides is 1. The van der Waals surface area contributed by atoms with Gasteiger partial charge in [-0.15, -0.1) is 0 Å². The molecular formula is C16H22Br2O5. The zero-order chi connectivity index (χ0) is 17.8. The third-order valence-electron chi connectivity index (χ3n) is 2.48. The van der Waals surface area contributed by atoms with Crippen LogP contribution in [0.25, 0.3) is 0 Å². The van der Waals surface area contributed by atoms with E-state index in [1.165, 1.54) is 0 Å². The van der Waals surface area contributed by atoms with Gasteiger partial charge < -0.3 is 14.2 Å². The predicted molar refractivity (Wildman–Crippen MR) is 96.2 cm³/mol. The lowest BCUT2D eigenvalue weighted by atomic mass is 10.1. The highest BCUT2D eigenvalue weighted by Gasteiger charge is 2.08. The molecule has 0 amide bonds. The van der Waals surface area contributed by atoms with E-state index < -0.39 is 0 Å². The number of ether oxygens (including phenoxy) is 3. The summed E-state index contributed by atoms with van der Waals surface area (Å²) in [5.41, 5.74) is 1.99. The van der Waals surface area contributed by atoms with Crippen LogP contribution in [-0.2, 0) is 19.1 Å². The number of hydrogen-bond acceptors (Lipinski definition) is 5. The summed E-state index contributed by atoms with van der Waals surface area (Å²) in [7, 11) is 0. The van der Waals surface area contributed by atoms with Crippen molar-refractivity contribution in [3.63, 3.8) is 0 Å². The molecule has 0 fully saturated rings. The highest BCUT2D eigenvalue weighted by molar-refractivity contribution is 9.10. The van der Waals surface area contributed by atoms with Gasteiger partial charge in [-0.05, 0) is 51.0 Å². The Morgan fingerprint density at radius 1 is 1.00 bits per heavy atom. The number of hydrogen-bond donors (Lipinski definition) is 0. The van der Waals surface area contributed by atoms with Crippen molar-refractivity contribution in [3.8, 4) is 5.75 Å². The molecule has 23 heavy (non-hydrogen) atoms. The smallest absolute Gasteiger partial charge is 0.344 e. The topological polar surface area (TPSA) is 61.8 Å². The van der Waals surface area contributed by atoms with Crippen LogP contribution in [0.4, 0.5) is 0 Å². The van der Waals surface area contributed by atoms with E-state index in [0.29, 0.717) is 18.5 Å². The van der Waals surface area contributed by atoms with Crippen LogP contribution in [0.3, 0.4) is 0 Å². The SMILES string of the molecule is CCOC(=O)CBr.CCOC(=O)COc1c(C)cc(Br)cc1C. The molecule has 1 aromatic carbocycles. The molecule has 0 aliphatic rings. The molecule has 5 nitrogen and oxygen atoms in total. The van der Waals surface area contributed by atoms with Gasteiger partial charge in [0.25, 0.3) is 0 Å². The van der Waals surface area contributed by atoms with Crippen molar-refractivity contribution >= 4 is 43.8 Å². The molecule has 0 heterocycles. The van der Waals surface area contributed by atoms with E-state index in [4.69, 9.17) is 9.47 Å². The Bertz CT molecular complexity index is 494. The molecular weight excluding hydrogens is 432 g/mol. The zero-order valence-corrected chi connectivity index (χ0v) is 17.0. The largest absolute Gasteiger partial charge is 0.481 e. The third-order valence-corrected chi connectivity index (χ3v) is 3.39. The standard InChI is InChI=1S/C12H15BrO3.C4H7BrO2/c1-4-15-11(14)7-16-12-8(2)5-10(13)6-9(12)3;1-2-7-4(6)3-5/h5-6H,4,7H2,1-3H3;2-3H2,1H3. The molecule has 0 atom stereocenters. The molecule has 0 radical (unpaired) electrons. The lowest BCUT2D eigenvalue weighted by Gasteiger charge is -2.11. The first kappa shape index (κ1) is 21.9. The van der Waals surface area contributed by atoms with E-state index in [2.05, 4.69) is 36.6 Å². The van der Waals surface area contributed by atoms with E-state index >= 15 is 0 Å². The Hall–Kier alpha value is -1.08. The number of benzene rings is 1. The molecule has 0 aliphatic heterocycles. The van der Waals surface area contributed by atoms with Crippen LogP contribution in [0.15, 0.2) is 16.6 Å². The second-order valence-electron chi connectivity index (χ2n) is 4.40. The summed E-state index contributed by atoms with van der Waals surface area (Å²) in [6.07, 6.45) is 0. The van der Waals surface area contributed by atoms with Crippen molar-refractivity contribution in [1.29, 1.82) is 0 Å². The van der Waals surface area contributed by atoms with Crippen LogP contribution in [0, 0.1) is 13.8 Å². The van der Waals surface area contributed by atoms with Crippen molar-refractivity contribution in [3.05, 3.63) is 27.7 Å². The average molecular weight is 454 g/mol. The van der Waals surface area contributed by atoms with Crippen LogP contribution < -0.4 is 4.74 Å². The van der Waals surface area contributed by atoms with Gasteiger partial charge in [0.15, 0.2) is 6.61 Å². The summed E-state index contributed by atoms with van der Waals surface area (Å²) in [5.74, 6) is 0.197. The summed E-state index contributed by atoms with van der Waals surface area (Å²) >= 11 is 6.35. The Kier molecular flexibility index (Phi) is 11.8. The molecule has 0 unspecified atom stereocenters. The monoisotopic (exact) mass is 452 g/mol. The number of carbonyl (C=O) groups excluding carboxylic acids is 2. The molecule has 1 aromatic rings. The van der Waals surface area contributed by atoms with Crippen molar-refractivity contribution in [1.82, 2.24) is 0 Å². The van der Waals surface area contributed by atoms with E-state index in [0.717, 1.165) is 21.3 Å². The summed E-state index contributed by atoms with van der Waals surface area (Å²) in [5, 5.41) is 0.292. The average Bonchev–Trinajstić information content (AvgIpc) is 2.47. The van der Waals surface area contributed by atoms with Gasteiger partial charge in [0.05, 0.1) is 13.2 Å². The summed E-state index contributed by atoms with van der Waals surface area (Å²) in [4.78, 5) is 21.3. The van der Waals surface area contributed by atoms with Crippen LogP contribution >= 0.6 is 31.9 Å². The van der Waals surface area contributed by atoms with E-state index in [-0.39, 0.29) is 18.5 Å². The fourth-order valence-electron chi connectivity index (χ4n) is 1.66. The minimum Gasteiger partial charge on any atom is -0.481 e. The molecule has 0 N–H and O–H groups in total. The van der Waals surface area contributed by atoms with Crippen molar-refractivity contribution in [2.24, 2.45) is 0 Å². The summed E-state index contributed by atoms with van der Waals surface area (Å²) in [6, 6.07) is 3.90. The van der Waals surface area contributed by atoms with Gasteiger partial charge in [-0.25, -0.2) is 4.79 Å². The summed E-state index contributed by atoms with van der Waals surface area (Å²) < 4.78 is 15.7. The Morgan fingerprint density at radius 3 is 1.87 bits per heavy atom. The van der Waals surface area contributed by atoms with Gasteiger partial charge in [0, 0.05) is 4.47 Å². The number of halogens is 2. The van der Waals surface area contributed by atoms with E-state index in [9.17, 15) is 9.59 Å². The molecule has 0 spiro atoms. The molecule has 0 aliphatic carbocycles. The van der Waals surface area contributed by atoms with E-state index in [1.807, 2.05) is 26.0 Å². The number of carbonyl (C=O) groups is 2. The minimum atomic E-state index is -0.343.